The van der Waals surface area contributed by atoms with E-state index in [0.717, 1.165) is 6.42 Å². The van der Waals surface area contributed by atoms with Gasteiger partial charge in [0.2, 0.25) is 0 Å². The molecule has 0 amide bonds. The Hall–Kier alpha value is -0.560. The van der Waals surface area contributed by atoms with Gasteiger partial charge in [0.1, 0.15) is 0 Å². The van der Waals surface area contributed by atoms with Gasteiger partial charge in [0, 0.05) is 0 Å². The minimum atomic E-state index is -3.14. The summed E-state index contributed by atoms with van der Waals surface area (Å²) in [5.41, 5.74) is 0. The third kappa shape index (κ3) is 0.661. The van der Waals surface area contributed by atoms with Gasteiger partial charge in [0.25, 0.3) is 0 Å². The topological polar surface area (TPSA) is 57.9 Å². The second-order valence-electron chi connectivity index (χ2n) is 5.11. The number of fused-ring (bicyclic) bond motifs is 1. The van der Waals surface area contributed by atoms with Crippen LogP contribution in [0.15, 0.2) is 0 Å². The standard InChI is InChI=1S/C10H13NO2S/c1-6-7-2-9-8(6)4-14(12,13)10(9,3-7)5-11/h6-9H,2-4H2,1H3. The third-order valence-electron chi connectivity index (χ3n) is 4.81. The maximum absolute atomic E-state index is 12.0. The van der Waals surface area contributed by atoms with Crippen molar-refractivity contribution in [3.05, 3.63) is 0 Å². The van der Waals surface area contributed by atoms with Crippen molar-refractivity contribution in [3.8, 4) is 6.07 Å². The summed E-state index contributed by atoms with van der Waals surface area (Å²) in [6, 6.07) is 2.12. The van der Waals surface area contributed by atoms with Crippen LogP contribution in [0.3, 0.4) is 0 Å². The normalized spacial score (nSPS) is 57.4. The Kier molecular flexibility index (Phi) is 1.35. The lowest BCUT2D eigenvalue weighted by Gasteiger charge is -2.27. The molecule has 0 spiro atoms. The van der Waals surface area contributed by atoms with Crippen LogP contribution in [0.1, 0.15) is 19.8 Å². The minimum Gasteiger partial charge on any atom is -0.227 e. The maximum atomic E-state index is 12.0. The van der Waals surface area contributed by atoms with Gasteiger partial charge in [-0.15, -0.1) is 0 Å². The highest BCUT2D eigenvalue weighted by atomic mass is 32.2. The van der Waals surface area contributed by atoms with Crippen molar-refractivity contribution in [2.45, 2.75) is 24.5 Å². The second-order valence-corrected chi connectivity index (χ2v) is 7.40. The van der Waals surface area contributed by atoms with Crippen LogP contribution in [0.4, 0.5) is 0 Å². The first kappa shape index (κ1) is 8.72. The molecule has 0 aromatic rings. The Labute approximate surface area is 84.0 Å². The molecule has 4 heteroatoms. The summed E-state index contributed by atoms with van der Waals surface area (Å²) >= 11 is 0. The van der Waals surface area contributed by atoms with Gasteiger partial charge in [0.05, 0.1) is 11.8 Å². The minimum absolute atomic E-state index is 0.150. The smallest absolute Gasteiger partial charge is 0.169 e. The van der Waals surface area contributed by atoms with Gasteiger partial charge >= 0.3 is 0 Å². The van der Waals surface area contributed by atoms with E-state index in [4.69, 9.17) is 5.26 Å². The maximum Gasteiger partial charge on any atom is 0.169 e. The summed E-state index contributed by atoms with van der Waals surface area (Å²) in [4.78, 5) is 0. The van der Waals surface area contributed by atoms with Crippen LogP contribution in [0, 0.1) is 35.0 Å². The number of nitriles is 1. The van der Waals surface area contributed by atoms with Crippen molar-refractivity contribution in [2.24, 2.45) is 23.7 Å². The average Bonchev–Trinajstić information content (AvgIpc) is 2.67. The van der Waals surface area contributed by atoms with Gasteiger partial charge in [-0.05, 0) is 36.5 Å². The molecule has 0 N–H and O–H groups in total. The summed E-state index contributed by atoms with van der Waals surface area (Å²) in [6.07, 6.45) is 1.58. The van der Waals surface area contributed by atoms with E-state index in [-0.39, 0.29) is 17.6 Å². The quantitative estimate of drug-likeness (QED) is 0.600. The van der Waals surface area contributed by atoms with Crippen molar-refractivity contribution in [1.82, 2.24) is 0 Å². The molecule has 3 fully saturated rings. The largest absolute Gasteiger partial charge is 0.227 e. The van der Waals surface area contributed by atoms with E-state index in [9.17, 15) is 8.42 Å². The SMILES string of the molecule is CC1C2CC3C1CS(=O)(=O)C3(C#N)C2. The molecule has 3 aliphatic rings. The van der Waals surface area contributed by atoms with E-state index in [2.05, 4.69) is 13.0 Å². The summed E-state index contributed by atoms with van der Waals surface area (Å²) in [5, 5.41) is 9.16. The summed E-state index contributed by atoms with van der Waals surface area (Å²) in [7, 11) is -3.14. The van der Waals surface area contributed by atoms with E-state index in [1.807, 2.05) is 0 Å². The van der Waals surface area contributed by atoms with Crippen molar-refractivity contribution < 1.29 is 8.42 Å². The van der Waals surface area contributed by atoms with E-state index in [0.29, 0.717) is 18.3 Å². The van der Waals surface area contributed by atoms with E-state index < -0.39 is 14.6 Å². The molecule has 2 bridgehead atoms. The molecule has 5 atom stereocenters. The highest BCUT2D eigenvalue weighted by Crippen LogP contribution is 2.64. The number of nitrogens with zero attached hydrogens (tertiary/aromatic N) is 1. The zero-order valence-electron chi connectivity index (χ0n) is 8.10. The zero-order chi connectivity index (χ0) is 10.1. The van der Waals surface area contributed by atoms with Gasteiger partial charge in [-0.2, -0.15) is 5.26 Å². The fourth-order valence-electron chi connectivity index (χ4n) is 4.00. The van der Waals surface area contributed by atoms with E-state index >= 15 is 0 Å². The van der Waals surface area contributed by atoms with Gasteiger partial charge in [-0.3, -0.25) is 0 Å². The van der Waals surface area contributed by atoms with E-state index in [1.54, 1.807) is 0 Å². The highest BCUT2D eigenvalue weighted by molar-refractivity contribution is 7.93. The number of hydrogen-bond donors (Lipinski definition) is 0. The fourth-order valence-corrected chi connectivity index (χ4v) is 6.68. The molecular formula is C10H13NO2S. The molecule has 1 saturated heterocycles. The lowest BCUT2D eigenvalue weighted by Crippen LogP contribution is -2.38. The van der Waals surface area contributed by atoms with Crippen LogP contribution >= 0.6 is 0 Å². The first-order valence-corrected chi connectivity index (χ1v) is 6.80. The van der Waals surface area contributed by atoms with Crippen LogP contribution in [-0.4, -0.2) is 18.9 Å². The summed E-state index contributed by atoms with van der Waals surface area (Å²) in [5.74, 6) is 1.69. The molecule has 0 aromatic carbocycles. The Morgan fingerprint density at radius 1 is 1.50 bits per heavy atom. The number of hydrogen-bond acceptors (Lipinski definition) is 3. The molecule has 3 rings (SSSR count). The fraction of sp³-hybridized carbons (Fsp3) is 0.900. The number of sulfone groups is 1. The van der Waals surface area contributed by atoms with Crippen molar-refractivity contribution in [2.75, 3.05) is 5.75 Å². The Balaban J connectivity index is 2.22. The van der Waals surface area contributed by atoms with Crippen molar-refractivity contribution in [1.29, 1.82) is 5.26 Å². The molecule has 14 heavy (non-hydrogen) atoms. The predicted molar refractivity (Wildman–Crippen MR) is 51.0 cm³/mol. The molecule has 1 aliphatic heterocycles. The number of rotatable bonds is 0. The lowest BCUT2D eigenvalue weighted by molar-refractivity contribution is 0.261. The first-order chi connectivity index (χ1) is 6.52. The Morgan fingerprint density at radius 2 is 2.21 bits per heavy atom. The second kappa shape index (κ2) is 2.16. The molecule has 0 aromatic heterocycles. The molecule has 5 unspecified atom stereocenters. The van der Waals surface area contributed by atoms with Gasteiger partial charge < -0.3 is 0 Å². The van der Waals surface area contributed by atoms with Gasteiger partial charge in [0.15, 0.2) is 14.6 Å². The molecule has 0 radical (unpaired) electrons. The predicted octanol–water partition coefficient (Wildman–Crippen LogP) is 0.969. The van der Waals surface area contributed by atoms with Gasteiger partial charge in [-0.1, -0.05) is 6.92 Å². The monoisotopic (exact) mass is 211 g/mol. The molecule has 2 aliphatic carbocycles. The lowest BCUT2D eigenvalue weighted by atomic mass is 9.76. The van der Waals surface area contributed by atoms with Crippen LogP contribution in [0.25, 0.3) is 0 Å². The zero-order valence-corrected chi connectivity index (χ0v) is 8.92. The van der Waals surface area contributed by atoms with Gasteiger partial charge in [-0.25, -0.2) is 8.42 Å². The highest BCUT2D eigenvalue weighted by Gasteiger charge is 2.70. The third-order valence-corrected chi connectivity index (χ3v) is 7.31. The van der Waals surface area contributed by atoms with Crippen LogP contribution in [0.2, 0.25) is 0 Å². The van der Waals surface area contributed by atoms with Crippen LogP contribution < -0.4 is 0 Å². The molecular weight excluding hydrogens is 198 g/mol. The first-order valence-electron chi connectivity index (χ1n) is 5.15. The van der Waals surface area contributed by atoms with Crippen LogP contribution in [-0.2, 0) is 9.84 Å². The Bertz CT molecular complexity index is 436. The average molecular weight is 211 g/mol. The summed E-state index contributed by atoms with van der Waals surface area (Å²) < 4.78 is 22.9. The Morgan fingerprint density at radius 3 is 2.79 bits per heavy atom. The molecule has 76 valence electrons. The van der Waals surface area contributed by atoms with Crippen LogP contribution in [0.5, 0.6) is 0 Å². The molecule has 2 saturated carbocycles. The van der Waals surface area contributed by atoms with Crippen molar-refractivity contribution >= 4 is 9.84 Å². The molecule has 1 heterocycles. The van der Waals surface area contributed by atoms with E-state index in [1.165, 1.54) is 0 Å². The molecule has 3 nitrogen and oxygen atoms in total. The summed E-state index contributed by atoms with van der Waals surface area (Å²) in [6.45, 7) is 2.15. The van der Waals surface area contributed by atoms with Crippen molar-refractivity contribution in [3.63, 3.8) is 0 Å².